The zero-order valence-electron chi connectivity index (χ0n) is 8.78. The molecule has 1 aromatic heterocycles. The first kappa shape index (κ1) is 11.3. The molecule has 0 spiro atoms. The van der Waals surface area contributed by atoms with E-state index in [1.807, 2.05) is 30.3 Å². The Hall–Kier alpha value is -1.15. The molecule has 0 saturated carbocycles. The third-order valence-electron chi connectivity index (χ3n) is 2.24. The zero-order chi connectivity index (χ0) is 11.2. The van der Waals surface area contributed by atoms with Crippen LogP contribution in [-0.4, -0.2) is 25.0 Å². The van der Waals surface area contributed by atoms with Crippen molar-refractivity contribution in [2.75, 3.05) is 0 Å². The summed E-state index contributed by atoms with van der Waals surface area (Å²) in [6.45, 7) is 0. The van der Waals surface area contributed by atoms with E-state index < -0.39 is 0 Å². The minimum atomic E-state index is -0.372. The van der Waals surface area contributed by atoms with E-state index in [4.69, 9.17) is 0 Å². The summed E-state index contributed by atoms with van der Waals surface area (Å²) in [5.41, 5.74) is 0.952. The second-order valence-electron chi connectivity index (χ2n) is 3.42. The van der Waals surface area contributed by atoms with Crippen LogP contribution in [0.1, 0.15) is 11.7 Å². The summed E-state index contributed by atoms with van der Waals surface area (Å²) < 4.78 is 1.32. The fraction of sp³-hybridized carbons (Fsp3) is 0.154. The van der Waals surface area contributed by atoms with E-state index in [-0.39, 0.29) is 6.10 Å². The number of aliphatic hydroxyl groups excluding tert-OH is 1. The number of rotatable bonds is 4. The zero-order valence-corrected chi connectivity index (χ0v) is 10.5. The van der Waals surface area contributed by atoms with E-state index in [1.165, 1.54) is 4.46 Å². The summed E-state index contributed by atoms with van der Waals surface area (Å²) in [7, 11) is 0. The molecule has 0 bridgehead atoms. The first-order valence-electron chi connectivity index (χ1n) is 5.12. The summed E-state index contributed by atoms with van der Waals surface area (Å²) >= 11 is 0.323. The Kier molecular flexibility index (Phi) is 4.11. The number of hydrogen-bond acceptors (Lipinski definition) is 2. The fourth-order valence-corrected chi connectivity index (χ4v) is 3.25. The Balaban J connectivity index is 1.92. The predicted octanol–water partition coefficient (Wildman–Crippen LogP) is 1.56. The molecule has 0 aliphatic rings. The molecule has 16 heavy (non-hydrogen) atoms. The van der Waals surface area contributed by atoms with Crippen molar-refractivity contribution >= 4 is 19.4 Å². The van der Waals surface area contributed by atoms with Crippen molar-refractivity contribution in [2.45, 2.75) is 11.4 Å². The van der Waals surface area contributed by atoms with Gasteiger partial charge in [-0.25, -0.2) is 0 Å². The first-order chi connectivity index (χ1) is 7.86. The molecular formula is C13H13NOSe. The third-order valence-corrected chi connectivity index (χ3v) is 4.52. The van der Waals surface area contributed by atoms with Crippen molar-refractivity contribution in [1.29, 1.82) is 0 Å². The first-order valence-corrected chi connectivity index (χ1v) is 7.19. The number of nitrogens with zero attached hydrogens (tertiary/aromatic N) is 1. The molecule has 0 aliphatic heterocycles. The molecule has 2 aromatic rings. The predicted molar refractivity (Wildman–Crippen MR) is 65.8 cm³/mol. The number of aliphatic hydroxyl groups is 1. The summed E-state index contributed by atoms with van der Waals surface area (Å²) in [4.78, 5) is 3.94. The Morgan fingerprint density at radius 3 is 2.44 bits per heavy atom. The monoisotopic (exact) mass is 279 g/mol. The van der Waals surface area contributed by atoms with Crippen LogP contribution in [0.5, 0.6) is 0 Å². The van der Waals surface area contributed by atoms with Gasteiger partial charge in [0.05, 0.1) is 0 Å². The minimum absolute atomic E-state index is 0.323. The van der Waals surface area contributed by atoms with Gasteiger partial charge in [0.15, 0.2) is 0 Å². The molecule has 1 heterocycles. The van der Waals surface area contributed by atoms with Crippen molar-refractivity contribution < 1.29 is 5.11 Å². The van der Waals surface area contributed by atoms with Crippen molar-refractivity contribution in [1.82, 2.24) is 4.98 Å². The average molecular weight is 278 g/mol. The molecule has 2 nitrogen and oxygen atoms in total. The Labute approximate surface area is 102 Å². The molecule has 0 fully saturated rings. The Morgan fingerprint density at radius 1 is 1.06 bits per heavy atom. The maximum atomic E-state index is 9.97. The molecule has 1 N–H and O–H groups in total. The van der Waals surface area contributed by atoms with Gasteiger partial charge in [0, 0.05) is 0 Å². The van der Waals surface area contributed by atoms with Crippen molar-refractivity contribution in [3.63, 3.8) is 0 Å². The van der Waals surface area contributed by atoms with Gasteiger partial charge < -0.3 is 0 Å². The van der Waals surface area contributed by atoms with Crippen molar-refractivity contribution in [2.24, 2.45) is 0 Å². The van der Waals surface area contributed by atoms with E-state index in [2.05, 4.69) is 17.1 Å². The number of benzene rings is 1. The van der Waals surface area contributed by atoms with Crippen LogP contribution in [0.25, 0.3) is 0 Å². The van der Waals surface area contributed by atoms with E-state index in [1.54, 1.807) is 12.4 Å². The second-order valence-corrected chi connectivity index (χ2v) is 5.71. The molecule has 0 amide bonds. The molecule has 1 aromatic carbocycles. The van der Waals surface area contributed by atoms with Gasteiger partial charge in [-0.15, -0.1) is 0 Å². The van der Waals surface area contributed by atoms with Crippen molar-refractivity contribution in [3.8, 4) is 0 Å². The Bertz CT molecular complexity index is 418. The van der Waals surface area contributed by atoms with Crippen LogP contribution in [-0.2, 0) is 0 Å². The second kappa shape index (κ2) is 5.80. The van der Waals surface area contributed by atoms with Gasteiger partial charge in [-0.05, 0) is 0 Å². The summed E-state index contributed by atoms with van der Waals surface area (Å²) in [5.74, 6) is 0. The molecule has 0 radical (unpaired) electrons. The van der Waals surface area contributed by atoms with Gasteiger partial charge in [0.2, 0.25) is 0 Å². The van der Waals surface area contributed by atoms with Gasteiger partial charge in [-0.3, -0.25) is 0 Å². The molecule has 0 aliphatic carbocycles. The third kappa shape index (κ3) is 3.17. The van der Waals surface area contributed by atoms with Crippen LogP contribution in [0.15, 0.2) is 54.9 Å². The fourth-order valence-electron chi connectivity index (χ4n) is 1.37. The number of aromatic nitrogens is 1. The van der Waals surface area contributed by atoms with Gasteiger partial charge in [-0.1, -0.05) is 0 Å². The average Bonchev–Trinajstić information content (AvgIpc) is 2.38. The number of hydrogen-bond donors (Lipinski definition) is 1. The van der Waals surface area contributed by atoms with Crippen LogP contribution >= 0.6 is 0 Å². The molecule has 1 atom stereocenters. The Morgan fingerprint density at radius 2 is 1.75 bits per heavy atom. The van der Waals surface area contributed by atoms with Gasteiger partial charge in [0.1, 0.15) is 0 Å². The molecule has 0 saturated heterocycles. The molecular weight excluding hydrogens is 265 g/mol. The topological polar surface area (TPSA) is 33.1 Å². The van der Waals surface area contributed by atoms with Crippen LogP contribution in [0.4, 0.5) is 0 Å². The van der Waals surface area contributed by atoms with Gasteiger partial charge in [-0.2, -0.15) is 0 Å². The maximum absolute atomic E-state index is 9.97. The summed E-state index contributed by atoms with van der Waals surface area (Å²) in [5, 5.41) is 10.8. The van der Waals surface area contributed by atoms with Crippen LogP contribution < -0.4 is 4.46 Å². The van der Waals surface area contributed by atoms with E-state index in [0.717, 1.165) is 10.9 Å². The van der Waals surface area contributed by atoms with Crippen LogP contribution in [0.2, 0.25) is 5.32 Å². The van der Waals surface area contributed by atoms with E-state index in [9.17, 15) is 5.11 Å². The summed E-state index contributed by atoms with van der Waals surface area (Å²) in [6.07, 6.45) is 3.06. The molecule has 0 unspecified atom stereocenters. The molecule has 82 valence electrons. The molecule has 2 rings (SSSR count). The quantitative estimate of drug-likeness (QED) is 0.861. The molecule has 3 heteroatoms. The van der Waals surface area contributed by atoms with E-state index >= 15 is 0 Å². The van der Waals surface area contributed by atoms with Gasteiger partial charge in [0.25, 0.3) is 0 Å². The van der Waals surface area contributed by atoms with Crippen LogP contribution in [0.3, 0.4) is 0 Å². The normalized spacial score (nSPS) is 12.3. The van der Waals surface area contributed by atoms with Crippen LogP contribution in [0, 0.1) is 0 Å². The van der Waals surface area contributed by atoms with Gasteiger partial charge >= 0.3 is 101 Å². The van der Waals surface area contributed by atoms with E-state index in [0.29, 0.717) is 15.0 Å². The summed E-state index contributed by atoms with van der Waals surface area (Å²) in [6, 6.07) is 14.0. The standard InChI is InChI=1S/C13H13NOSe/c15-13(11-6-8-14-9-7-11)10-16-12-4-2-1-3-5-12/h1-9,13,15H,10H2/t13-/m0/s1. The number of pyridine rings is 1. The SMILES string of the molecule is O[C@@H](C[Se]c1ccccc1)c1ccncc1. The van der Waals surface area contributed by atoms with Crippen molar-refractivity contribution in [3.05, 3.63) is 60.4 Å².